The van der Waals surface area contributed by atoms with Gasteiger partial charge >= 0.3 is 0 Å². The van der Waals surface area contributed by atoms with Gasteiger partial charge in [-0.1, -0.05) is 0 Å². The molecule has 0 radical (unpaired) electrons. The Labute approximate surface area is 111 Å². The van der Waals surface area contributed by atoms with Crippen molar-refractivity contribution in [3.05, 3.63) is 17.6 Å². The molecule has 0 spiro atoms. The van der Waals surface area contributed by atoms with Gasteiger partial charge in [0.25, 0.3) is 0 Å². The highest BCUT2D eigenvalue weighted by Crippen LogP contribution is 2.24. The van der Waals surface area contributed by atoms with E-state index >= 15 is 0 Å². The van der Waals surface area contributed by atoms with E-state index in [-0.39, 0.29) is 17.5 Å². The molecule has 7 heteroatoms. The molecular formula is C12H16N4O2S. The highest BCUT2D eigenvalue weighted by atomic mass is 32.2. The molecule has 2 N–H and O–H groups in total. The number of fused-ring (bicyclic) bond motifs is 1. The van der Waals surface area contributed by atoms with Crippen molar-refractivity contribution in [1.82, 2.24) is 15.0 Å². The number of nitrogens with one attached hydrogen (secondary N) is 2. The lowest BCUT2D eigenvalue weighted by atomic mass is 10.2. The molecule has 3 heterocycles. The first kappa shape index (κ1) is 12.4. The van der Waals surface area contributed by atoms with E-state index in [0.29, 0.717) is 18.1 Å². The van der Waals surface area contributed by atoms with E-state index in [1.165, 1.54) is 0 Å². The van der Waals surface area contributed by atoms with Crippen LogP contribution in [0.25, 0.3) is 11.0 Å². The molecule has 0 amide bonds. The molecule has 1 fully saturated rings. The number of sulfone groups is 1. The zero-order valence-electron chi connectivity index (χ0n) is 10.9. The van der Waals surface area contributed by atoms with Crippen molar-refractivity contribution in [2.45, 2.75) is 26.3 Å². The molecule has 1 aliphatic heterocycles. The van der Waals surface area contributed by atoms with Crippen molar-refractivity contribution < 1.29 is 8.42 Å². The van der Waals surface area contributed by atoms with Gasteiger partial charge in [-0.25, -0.2) is 18.4 Å². The van der Waals surface area contributed by atoms with E-state index < -0.39 is 9.84 Å². The summed E-state index contributed by atoms with van der Waals surface area (Å²) in [6.07, 6.45) is 0.635. The number of H-pyrrole nitrogens is 1. The van der Waals surface area contributed by atoms with Crippen LogP contribution in [0.3, 0.4) is 0 Å². The third-order valence-electron chi connectivity index (χ3n) is 3.31. The molecular weight excluding hydrogens is 264 g/mol. The second-order valence-electron chi connectivity index (χ2n) is 5.08. The molecule has 6 nitrogen and oxygen atoms in total. The Balaban J connectivity index is 1.96. The minimum Gasteiger partial charge on any atom is -0.366 e. The van der Waals surface area contributed by atoms with Crippen LogP contribution < -0.4 is 5.32 Å². The zero-order chi connectivity index (χ0) is 13.6. The molecule has 1 unspecified atom stereocenters. The van der Waals surface area contributed by atoms with E-state index in [2.05, 4.69) is 20.3 Å². The van der Waals surface area contributed by atoms with Gasteiger partial charge in [-0.05, 0) is 26.3 Å². The highest BCUT2D eigenvalue weighted by Gasteiger charge is 2.28. The Bertz CT molecular complexity index is 736. The fourth-order valence-electron chi connectivity index (χ4n) is 2.46. The van der Waals surface area contributed by atoms with Crippen LogP contribution in [0.15, 0.2) is 6.07 Å². The predicted molar refractivity (Wildman–Crippen MR) is 74.0 cm³/mol. The summed E-state index contributed by atoms with van der Waals surface area (Å²) in [5.74, 6) is 1.82. The average molecular weight is 280 g/mol. The summed E-state index contributed by atoms with van der Waals surface area (Å²) >= 11 is 0. The van der Waals surface area contributed by atoms with Gasteiger partial charge in [0.1, 0.15) is 17.3 Å². The first-order valence-electron chi connectivity index (χ1n) is 6.24. The molecule has 0 aromatic carbocycles. The van der Waals surface area contributed by atoms with Crippen LogP contribution in [0.2, 0.25) is 0 Å². The summed E-state index contributed by atoms with van der Waals surface area (Å²) in [6, 6.07) is 1.92. The van der Waals surface area contributed by atoms with Gasteiger partial charge in [0, 0.05) is 11.7 Å². The fraction of sp³-hybridized carbons (Fsp3) is 0.500. The van der Waals surface area contributed by atoms with E-state index in [1.54, 1.807) is 0 Å². The van der Waals surface area contributed by atoms with Crippen molar-refractivity contribution in [3.63, 3.8) is 0 Å². The lowest BCUT2D eigenvalue weighted by Crippen LogP contribution is -2.21. The first-order valence-corrected chi connectivity index (χ1v) is 8.06. The number of anilines is 1. The van der Waals surface area contributed by atoms with Gasteiger partial charge in [-0.3, -0.25) is 0 Å². The molecule has 1 aliphatic rings. The molecule has 2 aromatic heterocycles. The van der Waals surface area contributed by atoms with Crippen LogP contribution in [-0.2, 0) is 9.84 Å². The number of aromatic amines is 1. The van der Waals surface area contributed by atoms with Crippen LogP contribution in [0.4, 0.5) is 5.82 Å². The third kappa shape index (κ3) is 2.42. The van der Waals surface area contributed by atoms with Crippen molar-refractivity contribution in [2.24, 2.45) is 0 Å². The maximum Gasteiger partial charge on any atom is 0.152 e. The van der Waals surface area contributed by atoms with Crippen LogP contribution >= 0.6 is 0 Å². The summed E-state index contributed by atoms with van der Waals surface area (Å²) in [4.78, 5) is 11.9. The zero-order valence-corrected chi connectivity index (χ0v) is 11.7. The number of hydrogen-bond acceptors (Lipinski definition) is 5. The van der Waals surface area contributed by atoms with Crippen molar-refractivity contribution in [3.8, 4) is 0 Å². The molecule has 1 atom stereocenters. The van der Waals surface area contributed by atoms with Crippen LogP contribution in [0, 0.1) is 13.8 Å². The van der Waals surface area contributed by atoms with Crippen LogP contribution in [-0.4, -0.2) is 40.9 Å². The smallest absolute Gasteiger partial charge is 0.152 e. The molecule has 1 saturated heterocycles. The average Bonchev–Trinajstić information content (AvgIpc) is 2.81. The second-order valence-corrected chi connectivity index (χ2v) is 7.31. The summed E-state index contributed by atoms with van der Waals surface area (Å²) in [5, 5.41) is 4.15. The molecule has 3 rings (SSSR count). The summed E-state index contributed by atoms with van der Waals surface area (Å²) in [6.45, 7) is 3.78. The molecule has 102 valence electrons. The van der Waals surface area contributed by atoms with Crippen molar-refractivity contribution in [1.29, 1.82) is 0 Å². The minimum atomic E-state index is -2.89. The molecule has 0 aliphatic carbocycles. The minimum absolute atomic E-state index is 0.0577. The maximum atomic E-state index is 11.5. The Morgan fingerprint density at radius 2 is 2.16 bits per heavy atom. The lowest BCUT2D eigenvalue weighted by molar-refractivity contribution is 0.602. The molecule has 19 heavy (non-hydrogen) atoms. The number of aryl methyl sites for hydroxylation is 2. The monoisotopic (exact) mass is 280 g/mol. The fourth-order valence-corrected chi connectivity index (χ4v) is 4.14. The quantitative estimate of drug-likeness (QED) is 0.862. The Morgan fingerprint density at radius 3 is 2.84 bits per heavy atom. The van der Waals surface area contributed by atoms with Gasteiger partial charge in [0.15, 0.2) is 9.84 Å². The highest BCUT2D eigenvalue weighted by molar-refractivity contribution is 7.91. The van der Waals surface area contributed by atoms with Gasteiger partial charge in [0.2, 0.25) is 0 Å². The summed E-state index contributed by atoms with van der Waals surface area (Å²) in [5.41, 5.74) is 1.80. The van der Waals surface area contributed by atoms with Crippen molar-refractivity contribution >= 4 is 26.7 Å². The maximum absolute atomic E-state index is 11.5. The molecule has 0 bridgehead atoms. The topological polar surface area (TPSA) is 87.7 Å². The number of aromatic nitrogens is 3. The predicted octanol–water partition coefficient (Wildman–Crippen LogP) is 1.17. The Morgan fingerprint density at radius 1 is 1.37 bits per heavy atom. The molecule has 2 aromatic rings. The van der Waals surface area contributed by atoms with Crippen LogP contribution in [0.1, 0.15) is 17.9 Å². The Hall–Kier alpha value is -1.63. The standard InChI is InChI=1S/C12H16N4O2S/c1-7-5-10-11(13-7)14-8(2)15-12(10)16-9-3-4-19(17,18)6-9/h5,9H,3-4,6H2,1-2H3,(H2,13,14,15,16). The van der Waals surface area contributed by atoms with Crippen LogP contribution in [0.5, 0.6) is 0 Å². The number of rotatable bonds is 2. The van der Waals surface area contributed by atoms with Gasteiger partial charge < -0.3 is 10.3 Å². The normalized spacial score (nSPS) is 21.9. The van der Waals surface area contributed by atoms with Crippen molar-refractivity contribution in [2.75, 3.05) is 16.8 Å². The SMILES string of the molecule is Cc1nc(NC2CCS(=O)(=O)C2)c2cc(C)[nH]c2n1. The first-order chi connectivity index (χ1) is 8.93. The van der Waals surface area contributed by atoms with Gasteiger partial charge in [-0.2, -0.15) is 0 Å². The lowest BCUT2D eigenvalue weighted by Gasteiger charge is -2.12. The summed E-state index contributed by atoms with van der Waals surface area (Å²) in [7, 11) is -2.89. The largest absolute Gasteiger partial charge is 0.366 e. The van der Waals surface area contributed by atoms with E-state index in [1.807, 2.05) is 19.9 Å². The second kappa shape index (κ2) is 4.19. The van der Waals surface area contributed by atoms with E-state index in [0.717, 1.165) is 16.7 Å². The van der Waals surface area contributed by atoms with E-state index in [4.69, 9.17) is 0 Å². The van der Waals surface area contributed by atoms with Gasteiger partial charge in [-0.15, -0.1) is 0 Å². The summed E-state index contributed by atoms with van der Waals surface area (Å²) < 4.78 is 23.0. The molecule has 0 saturated carbocycles. The third-order valence-corrected chi connectivity index (χ3v) is 5.08. The Kier molecular flexibility index (Phi) is 2.74. The van der Waals surface area contributed by atoms with E-state index in [9.17, 15) is 8.42 Å². The number of hydrogen-bond donors (Lipinski definition) is 2. The number of nitrogens with zero attached hydrogens (tertiary/aromatic N) is 2. The van der Waals surface area contributed by atoms with Gasteiger partial charge in [0.05, 0.1) is 16.9 Å².